The minimum Gasteiger partial charge on any atom is -0.444 e. The van der Waals surface area contributed by atoms with Gasteiger partial charge in [0.15, 0.2) is 0 Å². The lowest BCUT2D eigenvalue weighted by Crippen LogP contribution is -2.46. The normalized spacial score (nSPS) is 16.3. The number of alkyl carbamates (subject to hydrolysis) is 1. The van der Waals surface area contributed by atoms with Crippen molar-refractivity contribution in [3.63, 3.8) is 0 Å². The maximum absolute atomic E-state index is 13.9. The topological polar surface area (TPSA) is 85.7 Å². The Labute approximate surface area is 260 Å². The van der Waals surface area contributed by atoms with Crippen LogP contribution in [-0.2, 0) is 27.2 Å². The number of fused-ring (bicyclic) bond motifs is 2. The second-order valence-electron chi connectivity index (χ2n) is 13.0. The van der Waals surface area contributed by atoms with E-state index in [0.29, 0.717) is 26.1 Å². The molecule has 0 radical (unpaired) electrons. The lowest BCUT2D eigenvalue weighted by Gasteiger charge is -2.34. The number of carbonyl (C=O) groups is 2. The largest absolute Gasteiger partial charge is 0.444 e. The summed E-state index contributed by atoms with van der Waals surface area (Å²) in [5, 5.41) is 5.30. The van der Waals surface area contributed by atoms with E-state index in [1.54, 1.807) is 7.11 Å². The monoisotopic (exact) mass is 598 g/mol. The predicted molar refractivity (Wildman–Crippen MR) is 175 cm³/mol. The van der Waals surface area contributed by atoms with Crippen LogP contribution in [0.3, 0.4) is 0 Å². The fourth-order valence-corrected chi connectivity index (χ4v) is 6.27. The summed E-state index contributed by atoms with van der Waals surface area (Å²) in [4.78, 5) is 33.8. The Morgan fingerprint density at radius 3 is 2.64 bits per heavy atom. The number of piperidine rings is 1. The van der Waals surface area contributed by atoms with Crippen molar-refractivity contribution >= 4 is 33.8 Å². The summed E-state index contributed by atoms with van der Waals surface area (Å²) in [6.07, 6.45) is 3.00. The van der Waals surface area contributed by atoms with Gasteiger partial charge in [-0.2, -0.15) is 0 Å². The number of imidazole rings is 1. The van der Waals surface area contributed by atoms with Crippen molar-refractivity contribution in [1.29, 1.82) is 0 Å². The maximum atomic E-state index is 13.9. The number of aromatic nitrogens is 2. The van der Waals surface area contributed by atoms with Crippen molar-refractivity contribution in [2.45, 2.75) is 83.9 Å². The van der Waals surface area contributed by atoms with E-state index in [4.69, 9.17) is 14.5 Å². The van der Waals surface area contributed by atoms with Crippen LogP contribution in [-0.4, -0.2) is 64.9 Å². The Bertz CT molecular complexity index is 1610. The molecule has 1 saturated heterocycles. The summed E-state index contributed by atoms with van der Waals surface area (Å²) >= 11 is 0. The highest BCUT2D eigenvalue weighted by Gasteiger charge is 2.31. The van der Waals surface area contributed by atoms with Crippen LogP contribution >= 0.6 is 0 Å². The summed E-state index contributed by atoms with van der Waals surface area (Å²) in [7, 11) is 1.73. The minimum absolute atomic E-state index is 0.0368. The van der Waals surface area contributed by atoms with Gasteiger partial charge in [0.2, 0.25) is 5.91 Å². The third-order valence-corrected chi connectivity index (χ3v) is 8.32. The van der Waals surface area contributed by atoms with Gasteiger partial charge < -0.3 is 24.3 Å². The highest BCUT2D eigenvalue weighted by atomic mass is 16.6. The zero-order valence-electron chi connectivity index (χ0n) is 26.8. The summed E-state index contributed by atoms with van der Waals surface area (Å²) in [5.74, 6) is 1.22. The molecule has 1 N–H and O–H groups in total. The van der Waals surface area contributed by atoms with E-state index < -0.39 is 17.7 Å². The number of aryl methyl sites for hydroxylation is 2. The van der Waals surface area contributed by atoms with Crippen LogP contribution < -0.4 is 5.32 Å². The van der Waals surface area contributed by atoms with Gasteiger partial charge in [-0.3, -0.25) is 4.79 Å². The van der Waals surface area contributed by atoms with E-state index in [2.05, 4.69) is 65.3 Å². The molecule has 8 heteroatoms. The molecule has 2 unspecified atom stereocenters. The summed E-state index contributed by atoms with van der Waals surface area (Å²) in [5.41, 5.74) is 3.75. The molecule has 0 spiro atoms. The fraction of sp³-hybridized carbons (Fsp3) is 0.472. The van der Waals surface area contributed by atoms with Gasteiger partial charge in [0, 0.05) is 51.7 Å². The van der Waals surface area contributed by atoms with Gasteiger partial charge in [-0.1, -0.05) is 54.6 Å². The molecule has 44 heavy (non-hydrogen) atoms. The van der Waals surface area contributed by atoms with E-state index in [0.717, 1.165) is 64.6 Å². The van der Waals surface area contributed by atoms with Crippen LogP contribution in [0.2, 0.25) is 0 Å². The first-order valence-corrected chi connectivity index (χ1v) is 15.8. The molecule has 0 aliphatic carbocycles. The average Bonchev–Trinajstić information content (AvgIpc) is 3.36. The standard InChI is InChI=1S/C36H46N4O4/c1-25-11-8-15-31-33(25)38-34(40(31)19-10-20-43-5)29-14-9-18-39(24-29)32(41)23-30(37-35(42)44-36(2,3)4)22-26-16-17-27-12-6-7-13-28(27)21-26/h6-8,11-13,15-17,21,29-30H,9-10,14,18-20,22-24H2,1-5H3,(H,37,42). The van der Waals surface area contributed by atoms with E-state index in [-0.39, 0.29) is 18.2 Å². The number of methoxy groups -OCH3 is 1. The summed E-state index contributed by atoms with van der Waals surface area (Å²) in [6, 6.07) is 20.4. The molecule has 2 heterocycles. The van der Waals surface area contributed by atoms with Gasteiger partial charge >= 0.3 is 6.09 Å². The number of nitrogens with one attached hydrogen (secondary N) is 1. The van der Waals surface area contributed by atoms with Crippen LogP contribution in [0.15, 0.2) is 60.7 Å². The van der Waals surface area contributed by atoms with E-state index in [9.17, 15) is 9.59 Å². The molecule has 234 valence electrons. The zero-order chi connectivity index (χ0) is 31.3. The number of amides is 2. The predicted octanol–water partition coefficient (Wildman–Crippen LogP) is 6.77. The van der Waals surface area contributed by atoms with Gasteiger partial charge in [0.25, 0.3) is 0 Å². The quantitative estimate of drug-likeness (QED) is 0.204. The number of para-hydroxylation sites is 1. The average molecular weight is 599 g/mol. The van der Waals surface area contributed by atoms with Gasteiger partial charge in [-0.15, -0.1) is 0 Å². The van der Waals surface area contributed by atoms with Crippen molar-refractivity contribution in [1.82, 2.24) is 19.8 Å². The number of benzene rings is 3. The highest BCUT2D eigenvalue weighted by Crippen LogP contribution is 2.31. The van der Waals surface area contributed by atoms with Gasteiger partial charge in [-0.25, -0.2) is 9.78 Å². The van der Waals surface area contributed by atoms with E-state index >= 15 is 0 Å². The summed E-state index contributed by atoms with van der Waals surface area (Å²) in [6.45, 7) is 10.4. The molecular formula is C36H46N4O4. The van der Waals surface area contributed by atoms with Crippen LogP contribution in [0.5, 0.6) is 0 Å². The number of nitrogens with zero attached hydrogens (tertiary/aromatic N) is 3. The lowest BCUT2D eigenvalue weighted by atomic mass is 9.95. The molecule has 3 aromatic carbocycles. The first kappa shape index (κ1) is 31.5. The van der Waals surface area contributed by atoms with Crippen molar-refractivity contribution < 1.29 is 19.1 Å². The number of carbonyl (C=O) groups excluding carboxylic acids is 2. The van der Waals surface area contributed by atoms with Crippen molar-refractivity contribution in [3.8, 4) is 0 Å². The zero-order valence-corrected chi connectivity index (χ0v) is 26.8. The van der Waals surface area contributed by atoms with Gasteiger partial charge in [0.1, 0.15) is 11.4 Å². The number of hydrogen-bond acceptors (Lipinski definition) is 5. The van der Waals surface area contributed by atoms with Crippen LogP contribution in [0.25, 0.3) is 21.8 Å². The Morgan fingerprint density at radius 1 is 1.07 bits per heavy atom. The number of rotatable bonds is 10. The molecule has 1 aliphatic heterocycles. The highest BCUT2D eigenvalue weighted by molar-refractivity contribution is 5.83. The minimum atomic E-state index is -0.630. The third-order valence-electron chi connectivity index (χ3n) is 8.32. The van der Waals surface area contributed by atoms with Crippen molar-refractivity contribution in [2.75, 3.05) is 26.8 Å². The molecule has 0 bridgehead atoms. The molecule has 2 atom stereocenters. The molecule has 8 nitrogen and oxygen atoms in total. The maximum Gasteiger partial charge on any atom is 0.407 e. The second kappa shape index (κ2) is 13.8. The first-order chi connectivity index (χ1) is 21.1. The van der Waals surface area contributed by atoms with Crippen LogP contribution in [0.4, 0.5) is 4.79 Å². The van der Waals surface area contributed by atoms with E-state index in [1.807, 2.05) is 37.8 Å². The number of ether oxygens (including phenoxy) is 2. The third kappa shape index (κ3) is 7.78. The van der Waals surface area contributed by atoms with Crippen molar-refractivity contribution in [2.24, 2.45) is 0 Å². The fourth-order valence-electron chi connectivity index (χ4n) is 6.27. The second-order valence-corrected chi connectivity index (χ2v) is 13.0. The first-order valence-electron chi connectivity index (χ1n) is 15.8. The molecular weight excluding hydrogens is 552 g/mol. The summed E-state index contributed by atoms with van der Waals surface area (Å²) < 4.78 is 13.2. The number of likely N-dealkylation sites (tertiary alicyclic amines) is 1. The molecule has 4 aromatic rings. The molecule has 5 rings (SSSR count). The molecule has 1 fully saturated rings. The SMILES string of the molecule is COCCCn1c(C2CCCN(C(=O)CC(Cc3ccc4ccccc4c3)NC(=O)OC(C)(C)C)C2)nc2c(C)cccc21. The van der Waals surface area contributed by atoms with Crippen LogP contribution in [0, 0.1) is 6.92 Å². The Kier molecular flexibility index (Phi) is 9.89. The van der Waals surface area contributed by atoms with E-state index in [1.165, 1.54) is 0 Å². The molecule has 2 amide bonds. The Balaban J connectivity index is 1.34. The molecule has 1 aliphatic rings. The molecule has 1 aromatic heterocycles. The molecule has 0 saturated carbocycles. The van der Waals surface area contributed by atoms with Gasteiger partial charge in [0.05, 0.1) is 11.0 Å². The van der Waals surface area contributed by atoms with Gasteiger partial charge in [-0.05, 0) is 81.3 Å². The van der Waals surface area contributed by atoms with Crippen molar-refractivity contribution in [3.05, 3.63) is 77.6 Å². The number of hydrogen-bond donors (Lipinski definition) is 1. The van der Waals surface area contributed by atoms with Crippen LogP contribution in [0.1, 0.15) is 69.3 Å². The Hall–Kier alpha value is -3.91. The smallest absolute Gasteiger partial charge is 0.407 e. The Morgan fingerprint density at radius 2 is 1.86 bits per heavy atom. The lowest BCUT2D eigenvalue weighted by molar-refractivity contribution is -0.132.